The van der Waals surface area contributed by atoms with Crippen LogP contribution in [-0.4, -0.2) is 52.1 Å². The number of rotatable bonds is 8. The number of carbonyl (C=O) groups excluding carboxylic acids is 2. The van der Waals surface area contributed by atoms with Gasteiger partial charge in [0, 0.05) is 19.0 Å². The van der Waals surface area contributed by atoms with Crippen molar-refractivity contribution in [3.8, 4) is 5.75 Å². The van der Waals surface area contributed by atoms with Crippen molar-refractivity contribution in [2.75, 3.05) is 13.2 Å². The number of nitrogens with zero attached hydrogens (tertiary/aromatic N) is 1. The summed E-state index contributed by atoms with van der Waals surface area (Å²) in [6.45, 7) is 2.15. The lowest BCUT2D eigenvalue weighted by atomic mass is 9.99. The molecule has 3 rings (SSSR count). The van der Waals surface area contributed by atoms with Gasteiger partial charge in [-0.25, -0.2) is 0 Å². The molecule has 28 heavy (non-hydrogen) atoms. The quantitative estimate of drug-likeness (QED) is 0.583. The zero-order valence-electron chi connectivity index (χ0n) is 15.7. The molecule has 8 heteroatoms. The molecule has 8 nitrogen and oxygen atoms in total. The predicted molar refractivity (Wildman–Crippen MR) is 99.6 cm³/mol. The molecule has 150 valence electrons. The molecule has 1 aliphatic heterocycles. The van der Waals surface area contributed by atoms with E-state index in [2.05, 4.69) is 5.32 Å². The average Bonchev–Trinajstić information content (AvgIpc) is 3.47. The van der Waals surface area contributed by atoms with Crippen LogP contribution in [0, 0.1) is 5.92 Å². The van der Waals surface area contributed by atoms with Gasteiger partial charge in [0.2, 0.25) is 0 Å². The Labute approximate surface area is 162 Å². The van der Waals surface area contributed by atoms with Crippen molar-refractivity contribution in [1.29, 1.82) is 0 Å². The lowest BCUT2D eigenvalue weighted by Gasteiger charge is -2.34. The highest BCUT2D eigenvalue weighted by Gasteiger charge is 2.36. The maximum absolute atomic E-state index is 12.8. The van der Waals surface area contributed by atoms with Gasteiger partial charge in [0.1, 0.15) is 23.6 Å². The topological polar surface area (TPSA) is 116 Å². The van der Waals surface area contributed by atoms with Crippen LogP contribution in [0.1, 0.15) is 31.7 Å². The molecule has 1 saturated carbocycles. The van der Waals surface area contributed by atoms with Crippen LogP contribution < -0.4 is 10.1 Å². The number of hydrogen-bond acceptors (Lipinski definition) is 5. The first-order valence-corrected chi connectivity index (χ1v) is 9.30. The number of benzene rings is 1. The second-order valence-corrected chi connectivity index (χ2v) is 7.28. The molecule has 1 fully saturated rings. The van der Waals surface area contributed by atoms with Gasteiger partial charge in [0.15, 0.2) is 0 Å². The third-order valence-corrected chi connectivity index (χ3v) is 4.87. The van der Waals surface area contributed by atoms with Crippen molar-refractivity contribution in [1.82, 2.24) is 10.2 Å². The van der Waals surface area contributed by atoms with Crippen LogP contribution in [0.4, 0.5) is 0 Å². The van der Waals surface area contributed by atoms with Crippen LogP contribution in [0.5, 0.6) is 5.75 Å². The number of carbonyl (C=O) groups is 3. The third kappa shape index (κ3) is 4.82. The number of hydrogen-bond donors (Lipinski definition) is 3. The molecule has 0 radical (unpaired) electrons. The SMILES string of the molecule is CC1CC(O)=C(C(=O)NCC(=O)O)C(=O)N1Cc1ccc(OCC2CC2)cc1. The minimum Gasteiger partial charge on any atom is -0.511 e. The molecule has 1 aliphatic carbocycles. The van der Waals surface area contributed by atoms with E-state index in [1.54, 1.807) is 6.92 Å². The Morgan fingerprint density at radius 1 is 1.25 bits per heavy atom. The molecule has 0 saturated heterocycles. The molecule has 0 aromatic heterocycles. The van der Waals surface area contributed by atoms with Crippen molar-refractivity contribution in [2.24, 2.45) is 5.92 Å². The van der Waals surface area contributed by atoms with Crippen molar-refractivity contribution < 1.29 is 29.3 Å². The second kappa shape index (κ2) is 8.33. The summed E-state index contributed by atoms with van der Waals surface area (Å²) in [6, 6.07) is 7.14. The minimum atomic E-state index is -1.23. The number of aliphatic carboxylic acids is 1. The maximum atomic E-state index is 12.8. The fourth-order valence-corrected chi connectivity index (χ4v) is 3.05. The highest BCUT2D eigenvalue weighted by molar-refractivity contribution is 6.19. The maximum Gasteiger partial charge on any atom is 0.322 e. The lowest BCUT2D eigenvalue weighted by molar-refractivity contribution is -0.139. The first-order chi connectivity index (χ1) is 13.3. The Morgan fingerprint density at radius 2 is 1.93 bits per heavy atom. The number of nitrogens with one attached hydrogen (secondary N) is 1. The van der Waals surface area contributed by atoms with Gasteiger partial charge in [0.25, 0.3) is 11.8 Å². The summed E-state index contributed by atoms with van der Waals surface area (Å²) >= 11 is 0. The predicted octanol–water partition coefficient (Wildman–Crippen LogP) is 1.61. The Hall–Kier alpha value is -3.03. The number of amides is 2. The first kappa shape index (κ1) is 19.7. The molecule has 0 spiro atoms. The van der Waals surface area contributed by atoms with Crippen LogP contribution in [0.2, 0.25) is 0 Å². The van der Waals surface area contributed by atoms with Crippen LogP contribution in [0.25, 0.3) is 0 Å². The van der Waals surface area contributed by atoms with Gasteiger partial charge in [-0.1, -0.05) is 12.1 Å². The van der Waals surface area contributed by atoms with E-state index >= 15 is 0 Å². The average molecular weight is 388 g/mol. The molecule has 3 N–H and O–H groups in total. The summed E-state index contributed by atoms with van der Waals surface area (Å²) in [4.78, 5) is 37.0. The normalized spacial score (nSPS) is 19.5. The monoisotopic (exact) mass is 388 g/mol. The van der Waals surface area contributed by atoms with Gasteiger partial charge in [-0.05, 0) is 43.4 Å². The van der Waals surface area contributed by atoms with Crippen molar-refractivity contribution in [2.45, 2.75) is 38.8 Å². The fraction of sp³-hybridized carbons (Fsp3) is 0.450. The number of carboxylic acids is 1. The largest absolute Gasteiger partial charge is 0.511 e. The second-order valence-electron chi connectivity index (χ2n) is 7.28. The first-order valence-electron chi connectivity index (χ1n) is 9.30. The summed E-state index contributed by atoms with van der Waals surface area (Å²) in [5.74, 6) is -1.61. The van der Waals surface area contributed by atoms with Crippen molar-refractivity contribution in [3.05, 3.63) is 41.2 Å². The third-order valence-electron chi connectivity index (χ3n) is 4.87. The van der Waals surface area contributed by atoms with Crippen LogP contribution >= 0.6 is 0 Å². The van der Waals surface area contributed by atoms with Gasteiger partial charge in [0.05, 0.1) is 6.61 Å². The van der Waals surface area contributed by atoms with Crippen LogP contribution in [0.15, 0.2) is 35.6 Å². The van der Waals surface area contributed by atoms with E-state index in [1.165, 1.54) is 17.7 Å². The van der Waals surface area contributed by atoms with Crippen molar-refractivity contribution >= 4 is 17.8 Å². The molecule has 1 aromatic carbocycles. The van der Waals surface area contributed by atoms with E-state index < -0.39 is 29.9 Å². The summed E-state index contributed by atoms with van der Waals surface area (Å²) in [5, 5.41) is 20.9. The van der Waals surface area contributed by atoms with Gasteiger partial charge in [-0.15, -0.1) is 0 Å². The molecular weight excluding hydrogens is 364 g/mol. The number of ether oxygens (including phenoxy) is 1. The number of aliphatic hydroxyl groups is 1. The molecular formula is C20H24N2O6. The van der Waals surface area contributed by atoms with E-state index in [9.17, 15) is 19.5 Å². The van der Waals surface area contributed by atoms with E-state index in [4.69, 9.17) is 9.84 Å². The summed E-state index contributed by atoms with van der Waals surface area (Å²) in [6.07, 6.45) is 2.57. The number of aliphatic hydroxyl groups excluding tert-OH is 1. The summed E-state index contributed by atoms with van der Waals surface area (Å²) in [5.41, 5.74) is 0.467. The zero-order valence-corrected chi connectivity index (χ0v) is 15.7. The molecule has 2 aliphatic rings. The van der Waals surface area contributed by atoms with Gasteiger partial charge >= 0.3 is 5.97 Å². The molecule has 1 unspecified atom stereocenters. The van der Waals surface area contributed by atoms with E-state index in [1.807, 2.05) is 24.3 Å². The standard InChI is InChI=1S/C20H24N2O6/c1-12-8-16(23)18(19(26)21-9-17(24)25)20(27)22(12)10-13-4-6-15(7-5-13)28-11-14-2-3-14/h4-7,12,14,23H,2-3,8-11H2,1H3,(H,21,26)(H,24,25). The Morgan fingerprint density at radius 3 is 2.54 bits per heavy atom. The van der Waals surface area contributed by atoms with Crippen LogP contribution in [0.3, 0.4) is 0 Å². The molecule has 1 heterocycles. The van der Waals surface area contributed by atoms with E-state index in [-0.39, 0.29) is 24.8 Å². The van der Waals surface area contributed by atoms with Gasteiger partial charge < -0.3 is 25.2 Å². The van der Waals surface area contributed by atoms with Crippen LogP contribution in [-0.2, 0) is 20.9 Å². The fourth-order valence-electron chi connectivity index (χ4n) is 3.05. The Bertz CT molecular complexity index is 797. The highest BCUT2D eigenvalue weighted by atomic mass is 16.5. The van der Waals surface area contributed by atoms with Crippen molar-refractivity contribution in [3.63, 3.8) is 0 Å². The molecule has 1 aromatic rings. The van der Waals surface area contributed by atoms with E-state index in [0.717, 1.165) is 17.9 Å². The molecule has 1 atom stereocenters. The smallest absolute Gasteiger partial charge is 0.322 e. The highest BCUT2D eigenvalue weighted by Crippen LogP contribution is 2.30. The van der Waals surface area contributed by atoms with Gasteiger partial charge in [-0.3, -0.25) is 14.4 Å². The Kier molecular flexibility index (Phi) is 5.87. The minimum absolute atomic E-state index is 0.129. The summed E-state index contributed by atoms with van der Waals surface area (Å²) < 4.78 is 5.70. The lowest BCUT2D eigenvalue weighted by Crippen LogP contribution is -2.47. The zero-order chi connectivity index (χ0) is 20.3. The number of carboxylic acid groups (broad SMARTS) is 1. The Balaban J connectivity index is 1.66. The van der Waals surface area contributed by atoms with E-state index in [0.29, 0.717) is 5.92 Å². The van der Waals surface area contributed by atoms with Gasteiger partial charge in [-0.2, -0.15) is 0 Å². The summed E-state index contributed by atoms with van der Waals surface area (Å²) in [7, 11) is 0. The molecule has 0 bridgehead atoms. The molecule has 2 amide bonds.